The van der Waals surface area contributed by atoms with Crippen LogP contribution in [-0.2, 0) is 0 Å². The zero-order valence-corrected chi connectivity index (χ0v) is 11.1. The largest absolute Gasteiger partial charge is 0.493 e. The minimum Gasteiger partial charge on any atom is -0.493 e. The van der Waals surface area contributed by atoms with Gasteiger partial charge in [-0.3, -0.25) is 14.8 Å². The Morgan fingerprint density at radius 3 is 2.30 bits per heavy atom. The van der Waals surface area contributed by atoms with Crippen molar-refractivity contribution in [2.24, 2.45) is 10.2 Å². The van der Waals surface area contributed by atoms with Gasteiger partial charge in [-0.05, 0) is 12.2 Å². The topological polar surface area (TPSA) is 154 Å². The Morgan fingerprint density at radius 1 is 1.20 bits per heavy atom. The lowest BCUT2D eigenvalue weighted by Gasteiger charge is -2.19. The zero-order chi connectivity index (χ0) is 15.1. The van der Waals surface area contributed by atoms with Crippen molar-refractivity contribution in [3.63, 3.8) is 0 Å². The number of azo groups is 1. The lowest BCUT2D eigenvalue weighted by atomic mass is 10.5. The Morgan fingerprint density at radius 2 is 1.80 bits per heavy atom. The van der Waals surface area contributed by atoms with E-state index in [1.54, 1.807) is 0 Å². The predicted molar refractivity (Wildman–Crippen MR) is 72.2 cm³/mol. The van der Waals surface area contributed by atoms with Gasteiger partial charge >= 0.3 is 5.69 Å². The SMILES string of the molecule is O=c1[nH]c(O)c(N=NC(=S)N(CCO)CCO)c(=O)[nH]1. The van der Waals surface area contributed by atoms with E-state index < -0.39 is 22.8 Å². The zero-order valence-electron chi connectivity index (χ0n) is 10.2. The minimum absolute atomic E-state index is 0.0851. The van der Waals surface area contributed by atoms with Gasteiger partial charge < -0.3 is 20.2 Å². The monoisotopic (exact) mass is 303 g/mol. The summed E-state index contributed by atoms with van der Waals surface area (Å²) in [7, 11) is 0. The molecule has 0 fully saturated rings. The van der Waals surface area contributed by atoms with Gasteiger partial charge in [-0.1, -0.05) is 0 Å². The van der Waals surface area contributed by atoms with E-state index in [1.807, 2.05) is 9.97 Å². The van der Waals surface area contributed by atoms with Crippen molar-refractivity contribution in [3.05, 3.63) is 20.8 Å². The molecule has 0 atom stereocenters. The summed E-state index contributed by atoms with van der Waals surface area (Å²) in [6, 6.07) is 0. The average Bonchev–Trinajstić information content (AvgIpc) is 2.37. The maximum absolute atomic E-state index is 11.4. The molecule has 0 amide bonds. The van der Waals surface area contributed by atoms with Crippen molar-refractivity contribution in [2.45, 2.75) is 0 Å². The first kappa shape index (κ1) is 15.9. The molecule has 10 nitrogen and oxygen atoms in total. The number of H-pyrrole nitrogens is 2. The molecule has 0 saturated heterocycles. The molecule has 5 N–H and O–H groups in total. The van der Waals surface area contributed by atoms with Crippen LogP contribution in [0.4, 0.5) is 5.69 Å². The number of aliphatic hydroxyl groups excluding tert-OH is 2. The molecule has 1 heterocycles. The number of aromatic hydroxyl groups is 1. The van der Waals surface area contributed by atoms with Gasteiger partial charge in [0.15, 0.2) is 0 Å². The van der Waals surface area contributed by atoms with E-state index >= 15 is 0 Å². The maximum Gasteiger partial charge on any atom is 0.328 e. The van der Waals surface area contributed by atoms with E-state index in [-0.39, 0.29) is 31.4 Å². The Bertz CT molecular complexity index is 603. The summed E-state index contributed by atoms with van der Waals surface area (Å²) in [6.07, 6.45) is 0. The lowest BCUT2D eigenvalue weighted by Crippen LogP contribution is -2.33. The van der Waals surface area contributed by atoms with Gasteiger partial charge in [0.1, 0.15) is 0 Å². The first-order valence-electron chi connectivity index (χ1n) is 5.47. The molecule has 20 heavy (non-hydrogen) atoms. The lowest BCUT2D eigenvalue weighted by molar-refractivity contribution is 0.213. The van der Waals surface area contributed by atoms with E-state index in [0.717, 1.165) is 0 Å². The van der Waals surface area contributed by atoms with Crippen LogP contribution in [0.2, 0.25) is 0 Å². The highest BCUT2D eigenvalue weighted by Gasteiger charge is 2.10. The number of nitrogens with zero attached hydrogens (tertiary/aromatic N) is 3. The summed E-state index contributed by atoms with van der Waals surface area (Å²) in [5, 5.41) is 33.9. The minimum atomic E-state index is -0.923. The Kier molecular flexibility index (Phi) is 5.96. The van der Waals surface area contributed by atoms with E-state index in [0.29, 0.717) is 0 Å². The number of aliphatic hydroxyl groups is 2. The fourth-order valence-electron chi connectivity index (χ4n) is 1.26. The summed E-state index contributed by atoms with van der Waals surface area (Å²) in [5.41, 5.74) is -2.30. The number of rotatable bonds is 5. The summed E-state index contributed by atoms with van der Waals surface area (Å²) in [6.45, 7) is -0.154. The van der Waals surface area contributed by atoms with Gasteiger partial charge in [-0.15, -0.1) is 10.2 Å². The average molecular weight is 303 g/mol. The molecule has 0 aliphatic heterocycles. The molecule has 0 aliphatic rings. The normalized spacial score (nSPS) is 10.9. The smallest absolute Gasteiger partial charge is 0.328 e. The molecule has 11 heteroatoms. The van der Waals surface area contributed by atoms with Crippen LogP contribution in [0.15, 0.2) is 19.8 Å². The number of hydrogen-bond donors (Lipinski definition) is 5. The molecule has 0 unspecified atom stereocenters. The van der Waals surface area contributed by atoms with Crippen molar-refractivity contribution >= 4 is 23.0 Å². The standard InChI is InChI=1S/C9H13N5O5S/c15-3-1-14(2-4-16)9(20)13-12-5-6(17)10-8(19)11-7(5)18/h15-16H,1-4H2,(H3,10,11,17,18,19). The molecule has 0 bridgehead atoms. The molecule has 1 aromatic rings. The Labute approximate surface area is 117 Å². The molecule has 0 radical (unpaired) electrons. The molecule has 110 valence electrons. The van der Waals surface area contributed by atoms with Crippen molar-refractivity contribution in [1.82, 2.24) is 14.9 Å². The summed E-state index contributed by atoms with van der Waals surface area (Å²) < 4.78 is 0. The van der Waals surface area contributed by atoms with Crippen molar-refractivity contribution in [2.75, 3.05) is 26.3 Å². The Balaban J connectivity index is 2.94. The van der Waals surface area contributed by atoms with E-state index in [9.17, 15) is 14.7 Å². The highest BCUT2D eigenvalue weighted by atomic mass is 32.1. The third kappa shape index (κ3) is 4.22. The van der Waals surface area contributed by atoms with Crippen LogP contribution in [0.5, 0.6) is 5.88 Å². The van der Waals surface area contributed by atoms with Crippen LogP contribution in [0.1, 0.15) is 0 Å². The quantitative estimate of drug-likeness (QED) is 0.325. The fourth-order valence-corrected chi connectivity index (χ4v) is 1.48. The van der Waals surface area contributed by atoms with Crippen LogP contribution >= 0.6 is 12.2 Å². The molecule has 1 rings (SSSR count). The maximum atomic E-state index is 11.4. The molecule has 0 aromatic carbocycles. The van der Waals surface area contributed by atoms with E-state index in [4.69, 9.17) is 22.4 Å². The summed E-state index contributed by atoms with van der Waals surface area (Å²) >= 11 is 4.90. The first-order chi connectivity index (χ1) is 9.49. The third-order valence-electron chi connectivity index (χ3n) is 2.14. The van der Waals surface area contributed by atoms with Crippen molar-refractivity contribution in [3.8, 4) is 5.88 Å². The number of hydrogen-bond acceptors (Lipinski definition) is 7. The van der Waals surface area contributed by atoms with E-state index in [2.05, 4.69) is 10.2 Å². The van der Waals surface area contributed by atoms with Crippen LogP contribution in [0.3, 0.4) is 0 Å². The van der Waals surface area contributed by atoms with Gasteiger partial charge in [0.25, 0.3) is 5.56 Å². The second-order valence-electron chi connectivity index (χ2n) is 3.52. The molecule has 0 aliphatic carbocycles. The third-order valence-corrected chi connectivity index (χ3v) is 2.48. The molecular weight excluding hydrogens is 290 g/mol. The first-order valence-corrected chi connectivity index (χ1v) is 5.88. The molecular formula is C9H13N5O5S. The number of nitrogens with one attached hydrogen (secondary N) is 2. The van der Waals surface area contributed by atoms with Gasteiger partial charge in [0.05, 0.1) is 13.2 Å². The van der Waals surface area contributed by atoms with Gasteiger partial charge in [-0.25, -0.2) is 4.79 Å². The van der Waals surface area contributed by atoms with Crippen LogP contribution in [-0.4, -0.2) is 61.6 Å². The van der Waals surface area contributed by atoms with Crippen LogP contribution < -0.4 is 11.2 Å². The van der Waals surface area contributed by atoms with E-state index in [1.165, 1.54) is 4.90 Å². The number of thiocarbonyl (C=S) groups is 1. The highest BCUT2D eigenvalue weighted by molar-refractivity contribution is 7.80. The molecule has 0 saturated carbocycles. The van der Waals surface area contributed by atoms with Gasteiger partial charge in [0, 0.05) is 13.1 Å². The van der Waals surface area contributed by atoms with Crippen LogP contribution in [0, 0.1) is 0 Å². The van der Waals surface area contributed by atoms with Gasteiger partial charge in [-0.2, -0.15) is 0 Å². The summed E-state index contributed by atoms with van der Waals surface area (Å²) in [5.74, 6) is -0.735. The van der Waals surface area contributed by atoms with Crippen molar-refractivity contribution in [1.29, 1.82) is 0 Å². The molecule has 1 aromatic heterocycles. The molecule has 0 spiro atoms. The van der Waals surface area contributed by atoms with Crippen molar-refractivity contribution < 1.29 is 15.3 Å². The van der Waals surface area contributed by atoms with Crippen LogP contribution in [0.25, 0.3) is 0 Å². The highest BCUT2D eigenvalue weighted by Crippen LogP contribution is 2.16. The Hall–Kier alpha value is -2.11. The van der Waals surface area contributed by atoms with Gasteiger partial charge in [0.2, 0.25) is 16.7 Å². The second-order valence-corrected chi connectivity index (χ2v) is 3.89. The number of aromatic nitrogens is 2. The number of aromatic amines is 2. The predicted octanol–water partition coefficient (Wildman–Crippen LogP) is -1.58. The summed E-state index contributed by atoms with van der Waals surface area (Å²) in [4.78, 5) is 27.4. The fraction of sp³-hybridized carbons (Fsp3) is 0.444. The second kappa shape index (κ2) is 7.47.